The number of rotatable bonds is 38. The van der Waals surface area contributed by atoms with E-state index in [4.69, 9.17) is 5.73 Å². The van der Waals surface area contributed by atoms with Gasteiger partial charge in [-0.05, 0) is 93.2 Å². The molecule has 0 aliphatic carbocycles. The van der Waals surface area contributed by atoms with Crippen molar-refractivity contribution in [1.29, 1.82) is 0 Å². The van der Waals surface area contributed by atoms with Crippen molar-refractivity contribution in [2.75, 3.05) is 54.9 Å². The summed E-state index contributed by atoms with van der Waals surface area (Å²) >= 11 is 3.99. The molecule has 28 heteroatoms. The van der Waals surface area contributed by atoms with Crippen LogP contribution in [0, 0.1) is 23.7 Å². The number of likely N-dealkylation sites (tertiary alicyclic amines) is 1. The van der Waals surface area contributed by atoms with E-state index in [2.05, 4.69) is 44.5 Å². The van der Waals surface area contributed by atoms with E-state index in [0.29, 0.717) is 29.8 Å². The maximum absolute atomic E-state index is 15.1. The van der Waals surface area contributed by atoms with E-state index in [0.717, 1.165) is 34.0 Å². The molecule has 103 heavy (non-hydrogen) atoms. The summed E-state index contributed by atoms with van der Waals surface area (Å²) in [5, 5.41) is 26.6. The molecule has 27 nitrogen and oxygen atoms in total. The van der Waals surface area contributed by atoms with E-state index in [-0.39, 0.29) is 49.8 Å². The van der Waals surface area contributed by atoms with Gasteiger partial charge in [-0.15, -0.1) is 12.6 Å². The van der Waals surface area contributed by atoms with Crippen LogP contribution in [-0.2, 0) is 81.6 Å². The molecule has 1 fully saturated rings. The summed E-state index contributed by atoms with van der Waals surface area (Å²) < 4.78 is 0. The number of carbonyl (C=O) groups excluding carboxylic acids is 13. The van der Waals surface area contributed by atoms with Gasteiger partial charge in [0.1, 0.15) is 60.4 Å². The minimum absolute atomic E-state index is 0.00878. The summed E-state index contributed by atoms with van der Waals surface area (Å²) in [4.78, 5) is 193. The number of aliphatic hydroxyl groups is 1. The van der Waals surface area contributed by atoms with Crippen molar-refractivity contribution in [3.63, 3.8) is 0 Å². The van der Waals surface area contributed by atoms with Gasteiger partial charge >= 0.3 is 0 Å². The third-order valence-electron chi connectivity index (χ3n) is 18.5. The number of likely N-dealkylation sites (N-methyl/N-ethyl adjacent to an activating group) is 5. The van der Waals surface area contributed by atoms with Crippen LogP contribution in [0.25, 0.3) is 0 Å². The normalized spacial score (nSPS) is 15.8. The lowest BCUT2D eigenvalue weighted by atomic mass is 9.96. The number of nitrogens with two attached hydrogens (primary N) is 1. The molecule has 3 aromatic carbocycles. The molecule has 0 saturated carbocycles. The van der Waals surface area contributed by atoms with Gasteiger partial charge in [0.2, 0.25) is 70.9 Å². The van der Waals surface area contributed by atoms with Crippen LogP contribution in [0.4, 0.5) is 0 Å². The second kappa shape index (κ2) is 41.5. The third-order valence-corrected chi connectivity index (χ3v) is 18.7. The van der Waals surface area contributed by atoms with Gasteiger partial charge in [0, 0.05) is 74.0 Å². The van der Waals surface area contributed by atoms with Crippen molar-refractivity contribution >= 4 is 88.6 Å². The summed E-state index contributed by atoms with van der Waals surface area (Å²) in [5.41, 5.74) is 7.66. The van der Waals surface area contributed by atoms with Crippen molar-refractivity contribution in [3.8, 4) is 0 Å². The highest BCUT2D eigenvalue weighted by Gasteiger charge is 2.43. The van der Waals surface area contributed by atoms with Crippen LogP contribution in [0.15, 0.2) is 91.0 Å². The van der Waals surface area contributed by atoms with Gasteiger partial charge in [0.25, 0.3) is 0 Å². The van der Waals surface area contributed by atoms with Crippen LogP contribution in [0.3, 0.4) is 0 Å². The molecule has 12 amide bonds. The zero-order valence-electron chi connectivity index (χ0n) is 62.8. The first kappa shape index (κ1) is 86.6. The molecular weight excluding hydrogens is 1340 g/mol. The first-order valence-corrected chi connectivity index (χ1v) is 36.0. The zero-order valence-corrected chi connectivity index (χ0v) is 63.7. The monoisotopic (exact) mass is 1450 g/mol. The maximum atomic E-state index is 15.1. The van der Waals surface area contributed by atoms with Crippen LogP contribution >= 0.6 is 12.6 Å². The quantitative estimate of drug-likeness (QED) is 0.0372. The Labute approximate surface area is 613 Å². The largest absolute Gasteiger partial charge is 0.391 e. The van der Waals surface area contributed by atoms with Gasteiger partial charge in [-0.2, -0.15) is 0 Å². The molecule has 9 N–H and O–H groups in total. The third kappa shape index (κ3) is 26.2. The number of hydrogen-bond acceptors (Lipinski definition) is 15. The van der Waals surface area contributed by atoms with Crippen molar-refractivity contribution in [1.82, 2.24) is 61.3 Å². The number of hydrogen-bond donors (Lipinski definition) is 9. The highest BCUT2D eigenvalue weighted by atomic mass is 32.1. The Kier molecular flexibility index (Phi) is 34.9. The van der Waals surface area contributed by atoms with Gasteiger partial charge in [0.15, 0.2) is 5.12 Å². The molecule has 1 aliphatic heterocycles. The summed E-state index contributed by atoms with van der Waals surface area (Å²) in [6.45, 7) is 18.9. The topological polar surface area (TPSA) is 360 Å². The van der Waals surface area contributed by atoms with Gasteiger partial charge < -0.3 is 72.1 Å². The van der Waals surface area contributed by atoms with E-state index in [1.807, 2.05) is 27.7 Å². The average molecular weight is 1450 g/mol. The Bertz CT molecular complexity index is 3360. The Balaban J connectivity index is 1.61. The molecule has 568 valence electrons. The SMILES string of the molecule is CC(C)C[C@@H](C(=O)N(C)[C@H](C(=O)N[C@@H](Cc1ccccc1)C(=O)N[C@@H](CC(=O)S)C(=O)N(C)[C@@H](Cc1ccccc1)C(=O)N[C@@H](C)C(=O)N1CCCCC1)C(C)C)N(C)C(=O)CNC(=O)[C@H](Cc1ccccc1)N(C)C(=O)[C@@H](NC(=O)[C@H](CC(C)C)N(C)C(=O)[C@@H](NC(=O)[C@H](C)N)C(C)C)[C@@H](C)O. The fraction of sp³-hybridized carbons (Fsp3) is 0.587. The fourth-order valence-electron chi connectivity index (χ4n) is 12.4. The summed E-state index contributed by atoms with van der Waals surface area (Å²) in [6.07, 6.45) is 0.414. The van der Waals surface area contributed by atoms with Gasteiger partial charge in [-0.1, -0.05) is 146 Å². The molecule has 3 aromatic rings. The van der Waals surface area contributed by atoms with Crippen LogP contribution in [0.5, 0.6) is 0 Å². The molecule has 1 heterocycles. The van der Waals surface area contributed by atoms with Crippen LogP contribution < -0.4 is 37.6 Å². The average Bonchev–Trinajstić information content (AvgIpc) is 0.837. The molecule has 0 bridgehead atoms. The predicted molar refractivity (Wildman–Crippen MR) is 395 cm³/mol. The van der Waals surface area contributed by atoms with Crippen molar-refractivity contribution in [2.45, 2.75) is 207 Å². The smallest absolute Gasteiger partial charge is 0.248 e. The zero-order chi connectivity index (χ0) is 77.3. The summed E-state index contributed by atoms with van der Waals surface area (Å²) in [7, 11) is 6.84. The number of aliphatic hydroxyl groups excluding tert-OH is 1. The lowest BCUT2D eigenvalue weighted by Gasteiger charge is -2.37. The Morgan fingerprint density at radius 3 is 1.36 bits per heavy atom. The molecule has 4 rings (SSSR count). The Hall–Kier alpha value is -8.76. The second-order valence-electron chi connectivity index (χ2n) is 28.7. The van der Waals surface area contributed by atoms with Gasteiger partial charge in [-0.25, -0.2) is 0 Å². The van der Waals surface area contributed by atoms with E-state index in [9.17, 15) is 62.6 Å². The van der Waals surface area contributed by atoms with E-state index in [1.165, 1.54) is 58.9 Å². The summed E-state index contributed by atoms with van der Waals surface area (Å²) in [5.74, 6) is -9.97. The van der Waals surface area contributed by atoms with Crippen LogP contribution in [-0.4, -0.2) is 238 Å². The molecule has 0 aromatic heterocycles. The van der Waals surface area contributed by atoms with Crippen LogP contribution in [0.1, 0.15) is 131 Å². The molecular formula is C75H113N13O14S. The lowest BCUT2D eigenvalue weighted by molar-refractivity contribution is -0.150. The van der Waals surface area contributed by atoms with E-state index < -0.39 is 167 Å². The molecule has 12 atom stereocenters. The van der Waals surface area contributed by atoms with E-state index in [1.54, 1.807) is 131 Å². The van der Waals surface area contributed by atoms with Crippen molar-refractivity contribution < 1.29 is 67.4 Å². The Morgan fingerprint density at radius 2 is 0.893 bits per heavy atom. The first-order valence-electron chi connectivity index (χ1n) is 35.6. The number of carbonyl (C=O) groups is 13. The lowest BCUT2D eigenvalue weighted by Crippen LogP contribution is -2.62. The number of piperidine rings is 1. The Morgan fingerprint density at radius 1 is 0.456 bits per heavy atom. The van der Waals surface area contributed by atoms with Crippen LogP contribution in [0.2, 0.25) is 0 Å². The highest BCUT2D eigenvalue weighted by Crippen LogP contribution is 2.22. The number of amides is 12. The molecule has 0 spiro atoms. The number of thiol groups is 1. The molecule has 0 unspecified atom stereocenters. The minimum Gasteiger partial charge on any atom is -0.391 e. The number of nitrogens with zero attached hydrogens (tertiary/aromatic N) is 6. The minimum atomic E-state index is -1.66. The van der Waals surface area contributed by atoms with Gasteiger partial charge in [0.05, 0.1) is 18.7 Å². The molecule has 1 saturated heterocycles. The number of nitrogens with one attached hydrogen (secondary N) is 6. The summed E-state index contributed by atoms with van der Waals surface area (Å²) in [6, 6.07) is 12.2. The van der Waals surface area contributed by atoms with Crippen molar-refractivity contribution in [3.05, 3.63) is 108 Å². The fourth-order valence-corrected chi connectivity index (χ4v) is 12.6. The molecule has 0 radical (unpaired) electrons. The highest BCUT2D eigenvalue weighted by molar-refractivity contribution is 7.96. The maximum Gasteiger partial charge on any atom is 0.248 e. The van der Waals surface area contributed by atoms with Gasteiger partial charge in [-0.3, -0.25) is 62.3 Å². The predicted octanol–water partition coefficient (Wildman–Crippen LogP) is 2.40. The van der Waals surface area contributed by atoms with Crippen molar-refractivity contribution in [2.24, 2.45) is 29.4 Å². The standard InChI is InChI=1S/C75H113N13O14S/c1-44(2)37-56(85(14)74(101)62(46(5)6)81-65(92)48(9)76)69(96)82-63(50(11)89)75(102)86(15)57(40-52-31-23-18-24-32-52)67(94)77-43-60(90)83(12)59(38-45(3)4)73(100)87(16)64(47(7)8)70(97)79-54(39-51-29-21-17-22-30-51)66(93)80-55(42-61(91)103)72(99)84(13)58(41-53-33-25-19-26-34-53)68(95)78-49(10)71(98)88-35-27-20-28-36-88/h17-19,21-26,29-34,44-50,54-59,62-64,89H,20,27-28,35-43,76H2,1-16H3,(H,77,94)(H,78,95)(H,79,97)(H,80,93)(H,81,92)(H,82,96)(H,91,103)/t48-,49-,50+,54-,55-,56-,57-,58-,59-,62-,63-,64-/m0/s1. The van der Waals surface area contributed by atoms with E-state index >= 15 is 4.79 Å². The number of benzene rings is 3. The first-order chi connectivity index (χ1) is 48.4. The molecule has 1 aliphatic rings. The second-order valence-corrected chi connectivity index (χ2v) is 29.2.